The van der Waals surface area contributed by atoms with Crippen molar-refractivity contribution in [2.24, 2.45) is 0 Å². The predicted octanol–water partition coefficient (Wildman–Crippen LogP) is 3.74. The number of rotatable bonds is 5. The second kappa shape index (κ2) is 4.62. The number of para-hydroxylation sites is 1. The van der Waals surface area contributed by atoms with Crippen molar-refractivity contribution in [2.75, 3.05) is 18.5 Å². The number of hydrogen-bond donors (Lipinski definition) is 1. The van der Waals surface area contributed by atoms with Crippen LogP contribution in [0.1, 0.15) is 32.3 Å². The topological polar surface area (TPSA) is 47.6 Å². The van der Waals surface area contributed by atoms with Crippen LogP contribution < -0.4 is 5.32 Å². The van der Waals surface area contributed by atoms with Crippen molar-refractivity contribution < 1.29 is 13.6 Å². The molecule has 0 aromatic heterocycles. The maximum absolute atomic E-state index is 13.3. The summed E-state index contributed by atoms with van der Waals surface area (Å²) < 4.78 is 24.5. The van der Waals surface area contributed by atoms with E-state index in [4.69, 9.17) is 9.05 Å². The van der Waals surface area contributed by atoms with Gasteiger partial charge in [0.2, 0.25) is 0 Å². The minimum absolute atomic E-state index is 0.175. The Labute approximate surface area is 114 Å². The van der Waals surface area contributed by atoms with Gasteiger partial charge in [-0.2, -0.15) is 0 Å². The van der Waals surface area contributed by atoms with E-state index in [0.29, 0.717) is 13.2 Å². The quantitative estimate of drug-likeness (QED) is 0.835. The van der Waals surface area contributed by atoms with E-state index in [1.807, 2.05) is 38.1 Å². The molecule has 1 aliphatic heterocycles. The fourth-order valence-corrected chi connectivity index (χ4v) is 6.02. The number of benzene rings is 1. The first-order chi connectivity index (χ1) is 9.18. The molecule has 2 atom stereocenters. The van der Waals surface area contributed by atoms with Crippen molar-refractivity contribution in [3.63, 3.8) is 0 Å². The first-order valence-corrected chi connectivity index (χ1v) is 8.47. The Hall–Kier alpha value is -0.830. The van der Waals surface area contributed by atoms with Gasteiger partial charge >= 0.3 is 7.60 Å². The molecule has 1 aliphatic carbocycles. The van der Waals surface area contributed by atoms with Crippen LogP contribution in [-0.4, -0.2) is 19.3 Å². The maximum Gasteiger partial charge on any atom is 0.343 e. The largest absolute Gasteiger partial charge is 0.380 e. The SMILES string of the molecule is CCOP(=O)(OCC)C12CCC1Nc1ccccc12. The van der Waals surface area contributed by atoms with Crippen molar-refractivity contribution in [3.8, 4) is 0 Å². The van der Waals surface area contributed by atoms with E-state index in [2.05, 4.69) is 5.32 Å². The van der Waals surface area contributed by atoms with Gasteiger partial charge in [0.15, 0.2) is 0 Å². The lowest BCUT2D eigenvalue weighted by Crippen LogP contribution is -2.48. The molecule has 1 saturated carbocycles. The van der Waals surface area contributed by atoms with Crippen molar-refractivity contribution in [1.29, 1.82) is 0 Å². The molecule has 19 heavy (non-hydrogen) atoms. The molecule has 2 unspecified atom stereocenters. The van der Waals surface area contributed by atoms with Gasteiger partial charge in [-0.15, -0.1) is 0 Å². The molecule has 1 fully saturated rings. The normalized spacial score (nSPS) is 28.2. The predicted molar refractivity (Wildman–Crippen MR) is 75.6 cm³/mol. The third-order valence-corrected chi connectivity index (χ3v) is 7.15. The zero-order chi connectivity index (χ0) is 13.5. The van der Waals surface area contributed by atoms with Crippen LogP contribution in [0.5, 0.6) is 0 Å². The van der Waals surface area contributed by atoms with E-state index >= 15 is 0 Å². The second-order valence-electron chi connectivity index (χ2n) is 5.04. The number of nitrogens with one attached hydrogen (secondary N) is 1. The van der Waals surface area contributed by atoms with Gasteiger partial charge in [0.25, 0.3) is 0 Å². The monoisotopic (exact) mass is 281 g/mol. The van der Waals surface area contributed by atoms with Crippen LogP contribution in [0.25, 0.3) is 0 Å². The highest BCUT2D eigenvalue weighted by Crippen LogP contribution is 2.75. The van der Waals surface area contributed by atoms with Crippen molar-refractivity contribution in [1.82, 2.24) is 0 Å². The molecule has 1 aromatic carbocycles. The highest BCUT2D eigenvalue weighted by atomic mass is 31.2. The first kappa shape index (κ1) is 13.2. The number of anilines is 1. The van der Waals surface area contributed by atoms with E-state index in [-0.39, 0.29) is 6.04 Å². The summed E-state index contributed by atoms with van der Waals surface area (Å²) in [6, 6.07) is 8.25. The molecular weight excluding hydrogens is 261 g/mol. The molecule has 0 radical (unpaired) electrons. The van der Waals surface area contributed by atoms with Gasteiger partial charge in [0.1, 0.15) is 5.16 Å². The fourth-order valence-electron chi connectivity index (χ4n) is 3.33. The summed E-state index contributed by atoms with van der Waals surface area (Å²) in [4.78, 5) is 0. The van der Waals surface area contributed by atoms with Gasteiger partial charge < -0.3 is 14.4 Å². The Morgan fingerprint density at radius 2 is 2.00 bits per heavy atom. The molecule has 104 valence electrons. The molecule has 0 bridgehead atoms. The van der Waals surface area contributed by atoms with Crippen molar-refractivity contribution >= 4 is 13.3 Å². The smallest absolute Gasteiger partial charge is 0.343 e. The zero-order valence-electron chi connectivity index (χ0n) is 11.4. The lowest BCUT2D eigenvalue weighted by molar-refractivity contribution is 0.164. The van der Waals surface area contributed by atoms with E-state index in [0.717, 1.165) is 24.1 Å². The van der Waals surface area contributed by atoms with Gasteiger partial charge in [-0.25, -0.2) is 0 Å². The summed E-state index contributed by atoms with van der Waals surface area (Å²) in [6.45, 7) is 4.55. The van der Waals surface area contributed by atoms with Gasteiger partial charge in [0, 0.05) is 11.7 Å². The molecule has 0 amide bonds. The van der Waals surface area contributed by atoms with Crippen LogP contribution >= 0.6 is 7.60 Å². The Bertz CT molecular complexity index is 523. The van der Waals surface area contributed by atoms with Crippen LogP contribution in [0.15, 0.2) is 24.3 Å². The van der Waals surface area contributed by atoms with Crippen LogP contribution in [0.4, 0.5) is 5.69 Å². The molecule has 4 nitrogen and oxygen atoms in total. The highest BCUT2D eigenvalue weighted by Gasteiger charge is 2.66. The third-order valence-electron chi connectivity index (χ3n) is 4.20. The number of fused-ring (bicyclic) bond motifs is 3. The Kier molecular flexibility index (Phi) is 3.20. The average molecular weight is 281 g/mol. The summed E-state index contributed by atoms with van der Waals surface area (Å²) >= 11 is 0. The summed E-state index contributed by atoms with van der Waals surface area (Å²) in [5.74, 6) is 0. The zero-order valence-corrected chi connectivity index (χ0v) is 12.3. The van der Waals surface area contributed by atoms with Gasteiger partial charge in [-0.05, 0) is 38.3 Å². The molecule has 2 aliphatic rings. The fraction of sp³-hybridized carbons (Fsp3) is 0.571. The molecule has 1 N–H and O–H groups in total. The van der Waals surface area contributed by atoms with E-state index in [9.17, 15) is 4.57 Å². The molecule has 0 spiro atoms. The molecule has 1 aromatic rings. The minimum Gasteiger partial charge on any atom is -0.380 e. The lowest BCUT2D eigenvalue weighted by Gasteiger charge is -2.47. The van der Waals surface area contributed by atoms with E-state index in [1.165, 1.54) is 0 Å². The molecule has 3 rings (SSSR count). The van der Waals surface area contributed by atoms with Crippen LogP contribution in [-0.2, 0) is 18.8 Å². The van der Waals surface area contributed by atoms with Crippen LogP contribution in [0, 0.1) is 0 Å². The van der Waals surface area contributed by atoms with E-state index < -0.39 is 12.8 Å². The van der Waals surface area contributed by atoms with Crippen molar-refractivity contribution in [2.45, 2.75) is 37.9 Å². The van der Waals surface area contributed by atoms with Crippen LogP contribution in [0.3, 0.4) is 0 Å². The lowest BCUT2D eigenvalue weighted by atomic mass is 9.77. The third kappa shape index (κ3) is 1.63. The minimum atomic E-state index is -3.14. The number of hydrogen-bond acceptors (Lipinski definition) is 4. The first-order valence-electron chi connectivity index (χ1n) is 6.93. The van der Waals surface area contributed by atoms with Gasteiger partial charge in [0.05, 0.1) is 13.2 Å². The van der Waals surface area contributed by atoms with Crippen LogP contribution in [0.2, 0.25) is 0 Å². The summed E-state index contributed by atoms with van der Waals surface area (Å²) in [7, 11) is -3.14. The maximum atomic E-state index is 13.3. The molecular formula is C14H20NO3P. The highest BCUT2D eigenvalue weighted by molar-refractivity contribution is 7.55. The average Bonchev–Trinajstić information content (AvgIpc) is 2.59. The Morgan fingerprint density at radius 3 is 2.58 bits per heavy atom. The van der Waals surface area contributed by atoms with Gasteiger partial charge in [-0.3, -0.25) is 4.57 Å². The molecule has 1 heterocycles. The standard InChI is InChI=1S/C14H20NO3P/c1-3-17-19(16,18-4-2)14-10-9-13(14)15-12-8-6-5-7-11(12)14/h5-8,13,15H,3-4,9-10H2,1-2H3. The second-order valence-corrected chi connectivity index (χ2v) is 7.35. The Balaban J connectivity index is 2.09. The Morgan fingerprint density at radius 1 is 1.32 bits per heavy atom. The van der Waals surface area contributed by atoms with Gasteiger partial charge in [-0.1, -0.05) is 18.2 Å². The summed E-state index contributed by atoms with van der Waals surface area (Å²) in [5.41, 5.74) is 2.17. The summed E-state index contributed by atoms with van der Waals surface area (Å²) in [6.07, 6.45) is 1.87. The summed E-state index contributed by atoms with van der Waals surface area (Å²) in [5, 5.41) is 2.99. The molecule has 0 saturated heterocycles. The van der Waals surface area contributed by atoms with Crippen molar-refractivity contribution in [3.05, 3.63) is 29.8 Å². The molecule has 5 heteroatoms. The van der Waals surface area contributed by atoms with E-state index in [1.54, 1.807) is 0 Å².